The largest absolute Gasteiger partial charge is 0.389 e. The lowest BCUT2D eigenvalue weighted by atomic mass is 9.84. The summed E-state index contributed by atoms with van der Waals surface area (Å²) in [5, 5.41) is 13.3. The second-order valence-electron chi connectivity index (χ2n) is 5.40. The van der Waals surface area contributed by atoms with Crippen molar-refractivity contribution in [3.8, 4) is 0 Å². The maximum Gasteiger partial charge on any atom is 0.140 e. The summed E-state index contributed by atoms with van der Waals surface area (Å²) in [6.07, 6.45) is 0. The molecule has 19 heavy (non-hydrogen) atoms. The van der Waals surface area contributed by atoms with Gasteiger partial charge in [0.2, 0.25) is 0 Å². The van der Waals surface area contributed by atoms with Crippen LogP contribution in [0.5, 0.6) is 0 Å². The van der Waals surface area contributed by atoms with E-state index in [0.29, 0.717) is 5.02 Å². The van der Waals surface area contributed by atoms with Crippen LogP contribution in [0.25, 0.3) is 0 Å². The quantitative estimate of drug-likeness (QED) is 0.678. The Morgan fingerprint density at radius 2 is 2.16 bits per heavy atom. The third-order valence-corrected chi connectivity index (χ3v) is 4.17. The van der Waals surface area contributed by atoms with Crippen LogP contribution in [0.4, 0.5) is 0 Å². The summed E-state index contributed by atoms with van der Waals surface area (Å²) in [7, 11) is 0. The van der Waals surface area contributed by atoms with Gasteiger partial charge in [-0.3, -0.25) is 5.26 Å². The summed E-state index contributed by atoms with van der Waals surface area (Å²) in [6.45, 7) is 8.09. The Hall–Kier alpha value is -1.10. The van der Waals surface area contributed by atoms with Crippen molar-refractivity contribution in [1.82, 2.24) is 0 Å². The Kier molecular flexibility index (Phi) is 3.85. The Labute approximate surface area is 117 Å². The molecule has 1 aromatic carbocycles. The van der Waals surface area contributed by atoms with E-state index in [2.05, 4.69) is 17.0 Å². The van der Waals surface area contributed by atoms with E-state index in [9.17, 15) is 0 Å². The van der Waals surface area contributed by atoms with Crippen molar-refractivity contribution in [2.45, 2.75) is 39.9 Å². The van der Waals surface area contributed by atoms with E-state index in [4.69, 9.17) is 21.7 Å². The summed E-state index contributed by atoms with van der Waals surface area (Å²) >= 11 is 6.40. The lowest BCUT2D eigenvalue weighted by Gasteiger charge is -2.22. The van der Waals surface area contributed by atoms with Gasteiger partial charge in [0, 0.05) is 17.0 Å². The van der Waals surface area contributed by atoms with Gasteiger partial charge in [-0.1, -0.05) is 35.8 Å². The minimum atomic E-state index is -0.339. The van der Waals surface area contributed by atoms with Crippen molar-refractivity contribution in [3.05, 3.63) is 33.8 Å². The number of hydrogen-bond donors (Lipinski definition) is 1. The van der Waals surface area contributed by atoms with E-state index in [0.717, 1.165) is 22.4 Å². The molecule has 1 unspecified atom stereocenters. The first-order chi connectivity index (χ1) is 8.88. The SMILES string of the molecule is Cc1ccc(COO)c(Cl)c1C1=NOC(C)(C)C1C. The van der Waals surface area contributed by atoms with Gasteiger partial charge in [0.25, 0.3) is 0 Å². The highest BCUT2D eigenvalue weighted by atomic mass is 35.5. The summed E-state index contributed by atoms with van der Waals surface area (Å²) in [5.74, 6) is 0.133. The van der Waals surface area contributed by atoms with E-state index in [1.165, 1.54) is 0 Å². The first-order valence-electron chi connectivity index (χ1n) is 6.19. The molecule has 0 spiro atoms. The predicted molar refractivity (Wildman–Crippen MR) is 74.5 cm³/mol. The van der Waals surface area contributed by atoms with Crippen LogP contribution in [-0.2, 0) is 16.3 Å². The van der Waals surface area contributed by atoms with Crippen molar-refractivity contribution in [2.24, 2.45) is 11.1 Å². The molecule has 0 bridgehead atoms. The van der Waals surface area contributed by atoms with Crippen molar-refractivity contribution >= 4 is 17.3 Å². The van der Waals surface area contributed by atoms with E-state index in [1.54, 1.807) is 0 Å². The molecule has 1 heterocycles. The highest BCUT2D eigenvalue weighted by Crippen LogP contribution is 2.36. The van der Waals surface area contributed by atoms with Gasteiger partial charge in [-0.2, -0.15) is 0 Å². The van der Waals surface area contributed by atoms with Crippen molar-refractivity contribution < 1.29 is 15.0 Å². The summed E-state index contributed by atoms with van der Waals surface area (Å²) in [6, 6.07) is 3.78. The normalized spacial score (nSPS) is 21.2. The molecule has 0 aliphatic carbocycles. The highest BCUT2D eigenvalue weighted by Gasteiger charge is 2.39. The van der Waals surface area contributed by atoms with Gasteiger partial charge in [-0.15, -0.1) is 0 Å². The molecule has 0 aromatic heterocycles. The fraction of sp³-hybridized carbons (Fsp3) is 0.500. The van der Waals surface area contributed by atoms with Crippen LogP contribution in [0.1, 0.15) is 37.5 Å². The zero-order valence-electron chi connectivity index (χ0n) is 11.5. The molecule has 0 saturated heterocycles. The van der Waals surface area contributed by atoms with Crippen molar-refractivity contribution in [2.75, 3.05) is 0 Å². The van der Waals surface area contributed by atoms with Gasteiger partial charge in [-0.25, -0.2) is 4.89 Å². The zero-order chi connectivity index (χ0) is 14.2. The molecule has 0 radical (unpaired) electrons. The average Bonchev–Trinajstić information content (AvgIpc) is 2.60. The third-order valence-electron chi connectivity index (χ3n) is 3.74. The Morgan fingerprint density at radius 1 is 1.47 bits per heavy atom. The number of aryl methyl sites for hydroxylation is 1. The molecule has 0 saturated carbocycles. The first-order valence-corrected chi connectivity index (χ1v) is 6.57. The lowest BCUT2D eigenvalue weighted by molar-refractivity contribution is -0.252. The number of rotatable bonds is 3. The molecule has 0 fully saturated rings. The van der Waals surface area contributed by atoms with E-state index in [1.807, 2.05) is 32.9 Å². The van der Waals surface area contributed by atoms with Gasteiger partial charge < -0.3 is 4.84 Å². The number of hydrogen-bond acceptors (Lipinski definition) is 4. The summed E-state index contributed by atoms with van der Waals surface area (Å²) in [5.41, 5.74) is 3.12. The maximum atomic E-state index is 8.59. The molecular weight excluding hydrogens is 266 g/mol. The molecule has 1 atom stereocenters. The van der Waals surface area contributed by atoms with Gasteiger partial charge >= 0.3 is 0 Å². The molecule has 4 nitrogen and oxygen atoms in total. The topological polar surface area (TPSA) is 51.0 Å². The molecule has 1 N–H and O–H groups in total. The van der Waals surface area contributed by atoms with Crippen LogP contribution in [-0.4, -0.2) is 16.6 Å². The molecule has 2 rings (SSSR count). The molecule has 1 aliphatic rings. The Balaban J connectivity index is 2.49. The summed E-state index contributed by atoms with van der Waals surface area (Å²) in [4.78, 5) is 9.66. The predicted octanol–water partition coefficient (Wildman–Crippen LogP) is 3.79. The van der Waals surface area contributed by atoms with Gasteiger partial charge in [0.15, 0.2) is 0 Å². The van der Waals surface area contributed by atoms with Gasteiger partial charge in [0.05, 0.1) is 10.7 Å². The number of nitrogens with zero attached hydrogens (tertiary/aromatic N) is 1. The third kappa shape index (κ3) is 2.48. The lowest BCUT2D eigenvalue weighted by Crippen LogP contribution is -2.30. The molecule has 5 heteroatoms. The average molecular weight is 284 g/mol. The van der Waals surface area contributed by atoms with Crippen LogP contribution < -0.4 is 0 Å². The summed E-state index contributed by atoms with van der Waals surface area (Å²) < 4.78 is 0. The number of benzene rings is 1. The Morgan fingerprint density at radius 3 is 2.68 bits per heavy atom. The van der Waals surface area contributed by atoms with Crippen molar-refractivity contribution in [1.29, 1.82) is 0 Å². The number of oxime groups is 1. The highest BCUT2D eigenvalue weighted by molar-refractivity contribution is 6.35. The fourth-order valence-corrected chi connectivity index (χ4v) is 2.49. The van der Waals surface area contributed by atoms with Crippen LogP contribution in [0.2, 0.25) is 5.02 Å². The van der Waals surface area contributed by atoms with Crippen LogP contribution in [0, 0.1) is 12.8 Å². The second-order valence-corrected chi connectivity index (χ2v) is 5.77. The minimum Gasteiger partial charge on any atom is -0.389 e. The van der Waals surface area contributed by atoms with E-state index < -0.39 is 0 Å². The van der Waals surface area contributed by atoms with Crippen LogP contribution in [0.3, 0.4) is 0 Å². The molecule has 104 valence electrons. The van der Waals surface area contributed by atoms with Crippen LogP contribution >= 0.6 is 11.6 Å². The first kappa shape index (κ1) is 14.3. The molecule has 0 amide bonds. The molecule has 1 aliphatic heterocycles. The maximum absolute atomic E-state index is 8.59. The molecule has 1 aromatic rings. The monoisotopic (exact) mass is 283 g/mol. The molecular formula is C14H18ClNO3. The zero-order valence-corrected chi connectivity index (χ0v) is 12.3. The minimum absolute atomic E-state index is 0.0536. The van der Waals surface area contributed by atoms with E-state index in [-0.39, 0.29) is 18.1 Å². The fourth-order valence-electron chi connectivity index (χ4n) is 2.13. The smallest absolute Gasteiger partial charge is 0.140 e. The number of halogens is 1. The van der Waals surface area contributed by atoms with Gasteiger partial charge in [-0.05, 0) is 26.3 Å². The van der Waals surface area contributed by atoms with E-state index >= 15 is 0 Å². The Bertz CT molecular complexity index is 526. The second kappa shape index (κ2) is 5.12. The van der Waals surface area contributed by atoms with Crippen LogP contribution in [0.15, 0.2) is 17.3 Å². The standard InChI is InChI=1S/C14H18ClNO3/c1-8-5-6-10(7-18-17)12(15)11(8)13-9(2)14(3,4)19-16-13/h5-6,9,17H,7H2,1-4H3. The van der Waals surface area contributed by atoms with Gasteiger partial charge in [0.1, 0.15) is 12.2 Å². The van der Waals surface area contributed by atoms with Crippen molar-refractivity contribution in [3.63, 3.8) is 0 Å².